The van der Waals surface area contributed by atoms with Crippen molar-refractivity contribution in [3.8, 4) is 0 Å². The van der Waals surface area contributed by atoms with E-state index in [4.69, 9.17) is 4.74 Å². The number of halogens is 1. The number of carbonyl (C=O) groups is 1. The van der Waals surface area contributed by atoms with Crippen LogP contribution in [0, 0.1) is 5.82 Å². The molecule has 188 valence electrons. The lowest BCUT2D eigenvalue weighted by atomic mass is 9.78. The number of hydrogen-bond donors (Lipinski definition) is 2. The number of pyridine rings is 2. The van der Waals surface area contributed by atoms with Crippen LogP contribution in [0.3, 0.4) is 0 Å². The fraction of sp³-hybridized carbons (Fsp3) is 0.423. The molecule has 35 heavy (non-hydrogen) atoms. The van der Waals surface area contributed by atoms with Crippen LogP contribution in [-0.4, -0.2) is 36.7 Å². The molecule has 0 unspecified atom stereocenters. The molecule has 7 nitrogen and oxygen atoms in total. The Balaban J connectivity index is 2.25. The van der Waals surface area contributed by atoms with Gasteiger partial charge in [-0.1, -0.05) is 12.1 Å². The fourth-order valence-electron chi connectivity index (χ4n) is 3.65. The summed E-state index contributed by atoms with van der Waals surface area (Å²) in [6, 6.07) is 10.7. The second-order valence-electron chi connectivity index (χ2n) is 10.4. The first-order chi connectivity index (χ1) is 16.2. The minimum absolute atomic E-state index is 0.411. The first-order valence-corrected chi connectivity index (χ1v) is 12.5. The Morgan fingerprint density at radius 1 is 1.00 bits per heavy atom. The quantitative estimate of drug-likeness (QED) is 0.498. The van der Waals surface area contributed by atoms with E-state index in [0.717, 1.165) is 0 Å². The molecule has 0 aliphatic rings. The largest absolute Gasteiger partial charge is 0.444 e. The molecule has 2 N–H and O–H groups in total. The minimum Gasteiger partial charge on any atom is -0.444 e. The molecule has 2 aromatic heterocycles. The summed E-state index contributed by atoms with van der Waals surface area (Å²) in [4.78, 5) is 21.8. The van der Waals surface area contributed by atoms with Crippen LogP contribution in [0.25, 0.3) is 11.0 Å². The third kappa shape index (κ3) is 6.21. The van der Waals surface area contributed by atoms with Crippen molar-refractivity contribution in [2.24, 2.45) is 0 Å². The summed E-state index contributed by atoms with van der Waals surface area (Å²) in [6.07, 6.45) is 2.69. The summed E-state index contributed by atoms with van der Waals surface area (Å²) in [5, 5.41) is 2.89. The van der Waals surface area contributed by atoms with Gasteiger partial charge in [0, 0.05) is 18.0 Å². The van der Waals surface area contributed by atoms with Crippen molar-refractivity contribution in [1.29, 1.82) is 0 Å². The van der Waals surface area contributed by atoms with E-state index < -0.39 is 44.8 Å². The van der Waals surface area contributed by atoms with Crippen molar-refractivity contribution in [2.45, 2.75) is 70.4 Å². The number of nitrogens with one attached hydrogen (secondary N) is 2. The van der Waals surface area contributed by atoms with E-state index >= 15 is 0 Å². The molecule has 9 heteroatoms. The summed E-state index contributed by atoms with van der Waals surface area (Å²) in [7, 11) is -1.59. The van der Waals surface area contributed by atoms with Gasteiger partial charge in [-0.25, -0.2) is 18.1 Å². The second-order valence-corrected chi connectivity index (χ2v) is 12.4. The van der Waals surface area contributed by atoms with Crippen molar-refractivity contribution < 1.29 is 18.1 Å². The van der Waals surface area contributed by atoms with Crippen LogP contribution < -0.4 is 10.0 Å². The number of rotatable bonds is 6. The van der Waals surface area contributed by atoms with Gasteiger partial charge < -0.3 is 10.1 Å². The molecule has 0 spiro atoms. The molecule has 0 saturated carbocycles. The van der Waals surface area contributed by atoms with E-state index in [2.05, 4.69) is 20.0 Å². The number of benzene rings is 1. The summed E-state index contributed by atoms with van der Waals surface area (Å²) in [5.41, 5.74) is 0.548. The predicted molar refractivity (Wildman–Crippen MR) is 137 cm³/mol. The number of alkyl carbamates (subject to hydrolysis) is 1. The highest BCUT2D eigenvalue weighted by molar-refractivity contribution is 7.84. The molecule has 0 aliphatic heterocycles. The highest BCUT2D eigenvalue weighted by atomic mass is 32.2. The normalized spacial score (nSPS) is 15.8. The average molecular weight is 501 g/mol. The van der Waals surface area contributed by atoms with Gasteiger partial charge in [-0.15, -0.1) is 0 Å². The molecule has 1 amide bonds. The van der Waals surface area contributed by atoms with E-state index in [9.17, 15) is 13.4 Å². The minimum atomic E-state index is -1.59. The molecule has 1 aromatic carbocycles. The summed E-state index contributed by atoms with van der Waals surface area (Å²) in [6.45, 7) is 12.6. The van der Waals surface area contributed by atoms with Crippen LogP contribution in [-0.2, 0) is 21.3 Å². The number of ether oxygens (including phenoxy) is 1. The van der Waals surface area contributed by atoms with Gasteiger partial charge in [-0.3, -0.25) is 9.97 Å². The monoisotopic (exact) mass is 500 g/mol. The van der Waals surface area contributed by atoms with Crippen molar-refractivity contribution in [3.63, 3.8) is 0 Å². The number of amides is 1. The molecular weight excluding hydrogens is 467 g/mol. The Kier molecular flexibility index (Phi) is 7.62. The highest BCUT2D eigenvalue weighted by Gasteiger charge is 2.45. The molecule has 3 rings (SSSR count). The molecule has 2 heterocycles. The van der Waals surface area contributed by atoms with Gasteiger partial charge in [0.1, 0.15) is 17.0 Å². The number of aromatic nitrogens is 2. The zero-order valence-corrected chi connectivity index (χ0v) is 22.0. The van der Waals surface area contributed by atoms with Gasteiger partial charge in [-0.05, 0) is 84.4 Å². The van der Waals surface area contributed by atoms with E-state index in [1.54, 1.807) is 58.3 Å². The van der Waals surface area contributed by atoms with Gasteiger partial charge in [0.15, 0.2) is 0 Å². The number of hydrogen-bond acceptors (Lipinski definition) is 5. The summed E-state index contributed by atoms with van der Waals surface area (Å²) in [5.74, 6) is -0.411. The number of nitrogens with zero attached hydrogens (tertiary/aromatic N) is 2. The van der Waals surface area contributed by atoms with Gasteiger partial charge in [0.25, 0.3) is 0 Å². The SMILES string of the molecule is C[C@H](NC(=O)OC(C)(C)C)[C@](N[S@](=O)C(C)(C)C)(c1ccc(F)cc1)c1cnc2cccnc2c1. The van der Waals surface area contributed by atoms with Crippen LogP contribution in [0.1, 0.15) is 59.6 Å². The van der Waals surface area contributed by atoms with Crippen LogP contribution >= 0.6 is 0 Å². The third-order valence-corrected chi connectivity index (χ3v) is 7.02. The summed E-state index contributed by atoms with van der Waals surface area (Å²) >= 11 is 0. The van der Waals surface area contributed by atoms with Crippen LogP contribution in [0.2, 0.25) is 0 Å². The third-order valence-electron chi connectivity index (χ3n) is 5.40. The topological polar surface area (TPSA) is 93.2 Å². The molecule has 0 radical (unpaired) electrons. The standard InChI is InChI=1S/C26H33FN4O3S/c1-17(30-23(32)34-24(2,3)4)26(31-35(33)25(5,6)7,18-10-12-20(27)13-11-18)19-15-22-21(29-16-19)9-8-14-28-22/h8-17,31H,1-7H3,(H,30,32)/t17-,26-,35+/m0/s1. The van der Waals surface area contributed by atoms with Gasteiger partial charge in [-0.2, -0.15) is 0 Å². The number of carbonyl (C=O) groups excluding carboxylic acids is 1. The van der Waals surface area contributed by atoms with Crippen LogP contribution in [0.4, 0.5) is 9.18 Å². The molecule has 0 aliphatic carbocycles. The Labute approximate surface area is 208 Å². The second kappa shape index (κ2) is 9.99. The first kappa shape index (κ1) is 26.7. The average Bonchev–Trinajstić information content (AvgIpc) is 2.75. The molecule has 0 saturated heterocycles. The van der Waals surface area contributed by atoms with E-state index in [1.165, 1.54) is 12.1 Å². The van der Waals surface area contributed by atoms with Gasteiger partial charge >= 0.3 is 6.09 Å². The lowest BCUT2D eigenvalue weighted by Crippen LogP contribution is -2.60. The molecule has 0 bridgehead atoms. The Morgan fingerprint density at radius 3 is 2.26 bits per heavy atom. The fourth-order valence-corrected chi connectivity index (χ4v) is 4.66. The Morgan fingerprint density at radius 2 is 1.66 bits per heavy atom. The van der Waals surface area contributed by atoms with E-state index in [1.807, 2.05) is 32.9 Å². The lowest BCUT2D eigenvalue weighted by Gasteiger charge is -2.42. The van der Waals surface area contributed by atoms with Crippen molar-refractivity contribution in [3.05, 3.63) is 71.8 Å². The van der Waals surface area contributed by atoms with Crippen LogP contribution in [0.5, 0.6) is 0 Å². The van der Waals surface area contributed by atoms with Gasteiger partial charge in [0.05, 0.1) is 32.8 Å². The lowest BCUT2D eigenvalue weighted by molar-refractivity contribution is 0.0487. The maximum atomic E-state index is 13.9. The van der Waals surface area contributed by atoms with Crippen molar-refractivity contribution in [2.75, 3.05) is 0 Å². The smallest absolute Gasteiger partial charge is 0.407 e. The molecule has 3 atom stereocenters. The predicted octanol–water partition coefficient (Wildman–Crippen LogP) is 4.98. The Bertz CT molecular complexity index is 1220. The Hall–Kier alpha value is -2.91. The van der Waals surface area contributed by atoms with Crippen molar-refractivity contribution in [1.82, 2.24) is 20.0 Å². The van der Waals surface area contributed by atoms with Crippen molar-refractivity contribution >= 4 is 28.1 Å². The van der Waals surface area contributed by atoms with E-state index in [0.29, 0.717) is 22.2 Å². The molecule has 0 fully saturated rings. The maximum Gasteiger partial charge on any atom is 0.407 e. The van der Waals surface area contributed by atoms with E-state index in [-0.39, 0.29) is 0 Å². The highest BCUT2D eigenvalue weighted by Crippen LogP contribution is 2.36. The zero-order valence-electron chi connectivity index (χ0n) is 21.2. The maximum absolute atomic E-state index is 13.9. The number of fused-ring (bicyclic) bond motifs is 1. The van der Waals surface area contributed by atoms with Crippen LogP contribution in [0.15, 0.2) is 54.9 Å². The first-order valence-electron chi connectivity index (χ1n) is 11.4. The molecule has 3 aromatic rings. The van der Waals surface area contributed by atoms with Gasteiger partial charge in [0.2, 0.25) is 0 Å². The molecular formula is C26H33FN4O3S. The zero-order chi connectivity index (χ0) is 26.0. The summed E-state index contributed by atoms with van der Waals surface area (Å²) < 4.78 is 35.6.